The number of aromatic nitrogens is 2. The maximum absolute atomic E-state index is 12.5. The minimum absolute atomic E-state index is 0.0793. The minimum Gasteiger partial charge on any atom is -0.379 e. The van der Waals surface area contributed by atoms with E-state index in [-0.39, 0.29) is 17.4 Å². The van der Waals surface area contributed by atoms with Gasteiger partial charge in [0.05, 0.1) is 13.2 Å². The van der Waals surface area contributed by atoms with E-state index in [0.717, 1.165) is 44.0 Å². The molecule has 2 aliphatic rings. The van der Waals surface area contributed by atoms with Crippen LogP contribution in [0.15, 0.2) is 29.6 Å². The lowest BCUT2D eigenvalue weighted by atomic mass is 9.87. The average molecular weight is 387 g/mol. The fraction of sp³-hybridized carbons (Fsp3) is 0.550. The highest BCUT2D eigenvalue weighted by atomic mass is 32.1. The number of carbonyl (C=O) groups is 1. The molecule has 2 fully saturated rings. The summed E-state index contributed by atoms with van der Waals surface area (Å²) >= 11 is 1.37. The summed E-state index contributed by atoms with van der Waals surface area (Å²) in [5.41, 5.74) is 3.21. The molecule has 2 saturated heterocycles. The molecule has 2 aromatic rings. The Balaban J connectivity index is 1.45. The molecule has 144 valence electrons. The standard InChI is InChI=1S/C20H26N4O2S/c1-15(2)24-13-20(9-19(24)25)12-23(7-8-26-14-20)10-16-3-5-17(6-4-16)18-11-27-22-21-18/h3-6,11,15H,7-10,12-14H2,1-2H3. The minimum atomic E-state index is -0.0793. The molecular formula is C20H26N4O2S. The van der Waals surface area contributed by atoms with E-state index in [9.17, 15) is 4.79 Å². The largest absolute Gasteiger partial charge is 0.379 e. The van der Waals surface area contributed by atoms with Gasteiger partial charge in [-0.1, -0.05) is 28.8 Å². The van der Waals surface area contributed by atoms with Crippen molar-refractivity contribution in [1.82, 2.24) is 19.4 Å². The first-order valence-corrected chi connectivity index (χ1v) is 10.3. The van der Waals surface area contributed by atoms with Crippen molar-refractivity contribution in [1.29, 1.82) is 0 Å². The van der Waals surface area contributed by atoms with Gasteiger partial charge in [0.15, 0.2) is 0 Å². The molecule has 0 bridgehead atoms. The molecule has 4 rings (SSSR count). The fourth-order valence-electron chi connectivity index (χ4n) is 4.15. The van der Waals surface area contributed by atoms with Gasteiger partial charge in [-0.3, -0.25) is 9.69 Å². The van der Waals surface area contributed by atoms with Gasteiger partial charge >= 0.3 is 0 Å². The highest BCUT2D eigenvalue weighted by Gasteiger charge is 2.46. The summed E-state index contributed by atoms with van der Waals surface area (Å²) < 4.78 is 9.84. The molecule has 2 aliphatic heterocycles. The first kappa shape index (κ1) is 18.5. The predicted octanol–water partition coefficient (Wildman–Crippen LogP) is 2.66. The molecule has 0 N–H and O–H groups in total. The molecule has 1 amide bonds. The molecule has 3 heterocycles. The summed E-state index contributed by atoms with van der Waals surface area (Å²) in [4.78, 5) is 16.9. The van der Waals surface area contributed by atoms with Gasteiger partial charge in [-0.25, -0.2) is 0 Å². The van der Waals surface area contributed by atoms with Crippen LogP contribution in [0.4, 0.5) is 0 Å². The van der Waals surface area contributed by atoms with Crippen LogP contribution in [0.2, 0.25) is 0 Å². The second-order valence-electron chi connectivity index (χ2n) is 8.04. The number of ether oxygens (including phenoxy) is 1. The SMILES string of the molecule is CC(C)N1CC2(COCCN(Cc3ccc(-c4csnn4)cc3)C2)CC1=O. The van der Waals surface area contributed by atoms with Crippen LogP contribution < -0.4 is 0 Å². The third-order valence-electron chi connectivity index (χ3n) is 5.51. The van der Waals surface area contributed by atoms with Gasteiger partial charge in [0.1, 0.15) is 5.69 Å². The van der Waals surface area contributed by atoms with E-state index in [4.69, 9.17) is 4.74 Å². The summed E-state index contributed by atoms with van der Waals surface area (Å²) in [6.07, 6.45) is 0.595. The van der Waals surface area contributed by atoms with Crippen LogP contribution in [0.5, 0.6) is 0 Å². The summed E-state index contributed by atoms with van der Waals surface area (Å²) in [6.45, 7) is 9.05. The van der Waals surface area contributed by atoms with E-state index >= 15 is 0 Å². The van der Waals surface area contributed by atoms with Crippen molar-refractivity contribution in [2.75, 3.05) is 32.8 Å². The lowest BCUT2D eigenvalue weighted by Crippen LogP contribution is -2.41. The molecule has 1 unspecified atom stereocenters. The van der Waals surface area contributed by atoms with Crippen LogP contribution in [0.1, 0.15) is 25.8 Å². The molecule has 1 aromatic heterocycles. The molecule has 0 aliphatic carbocycles. The summed E-state index contributed by atoms with van der Waals surface area (Å²) in [5.74, 6) is 0.261. The smallest absolute Gasteiger partial charge is 0.223 e. The molecule has 27 heavy (non-hydrogen) atoms. The monoisotopic (exact) mass is 386 g/mol. The Morgan fingerprint density at radius 1 is 1.26 bits per heavy atom. The van der Waals surface area contributed by atoms with Crippen LogP contribution in [-0.4, -0.2) is 64.2 Å². The Hall–Kier alpha value is -1.83. The quantitative estimate of drug-likeness (QED) is 0.809. The normalized spacial score (nSPS) is 24.1. The molecule has 1 aromatic carbocycles. The van der Waals surface area contributed by atoms with Crippen molar-refractivity contribution >= 4 is 17.4 Å². The van der Waals surface area contributed by atoms with Crippen molar-refractivity contribution in [3.8, 4) is 11.3 Å². The summed E-state index contributed by atoms with van der Waals surface area (Å²) in [5, 5.41) is 6.09. The third kappa shape index (κ3) is 4.05. The van der Waals surface area contributed by atoms with E-state index in [1.807, 2.05) is 10.3 Å². The van der Waals surface area contributed by atoms with Crippen molar-refractivity contribution < 1.29 is 9.53 Å². The molecule has 6 nitrogen and oxygen atoms in total. The number of benzene rings is 1. The molecule has 7 heteroatoms. The Labute approximate surface area is 164 Å². The van der Waals surface area contributed by atoms with E-state index in [1.165, 1.54) is 17.1 Å². The first-order chi connectivity index (χ1) is 13.0. The lowest BCUT2D eigenvalue weighted by Gasteiger charge is -2.32. The number of nitrogens with zero attached hydrogens (tertiary/aromatic N) is 4. The van der Waals surface area contributed by atoms with Gasteiger partial charge in [-0.15, -0.1) is 5.10 Å². The van der Waals surface area contributed by atoms with Crippen LogP contribution in [0, 0.1) is 5.41 Å². The highest BCUT2D eigenvalue weighted by molar-refractivity contribution is 7.03. The van der Waals surface area contributed by atoms with Gasteiger partial charge in [-0.05, 0) is 30.9 Å². The van der Waals surface area contributed by atoms with Crippen molar-refractivity contribution in [2.24, 2.45) is 5.41 Å². The molecule has 1 spiro atoms. The Morgan fingerprint density at radius 2 is 2.07 bits per heavy atom. The predicted molar refractivity (Wildman–Crippen MR) is 105 cm³/mol. The first-order valence-electron chi connectivity index (χ1n) is 9.51. The zero-order valence-electron chi connectivity index (χ0n) is 15.9. The average Bonchev–Trinajstić information content (AvgIpc) is 3.23. The van der Waals surface area contributed by atoms with E-state index in [2.05, 4.69) is 52.6 Å². The number of carbonyl (C=O) groups excluding carboxylic acids is 1. The van der Waals surface area contributed by atoms with Crippen molar-refractivity contribution in [3.63, 3.8) is 0 Å². The Bertz CT molecular complexity index is 778. The highest BCUT2D eigenvalue weighted by Crippen LogP contribution is 2.35. The third-order valence-corrected chi connectivity index (χ3v) is 6.02. The maximum atomic E-state index is 12.5. The number of amides is 1. The lowest BCUT2D eigenvalue weighted by molar-refractivity contribution is -0.129. The summed E-state index contributed by atoms with van der Waals surface area (Å²) in [7, 11) is 0. The van der Waals surface area contributed by atoms with Crippen LogP contribution in [-0.2, 0) is 16.1 Å². The number of rotatable bonds is 4. The van der Waals surface area contributed by atoms with Gasteiger partial charge < -0.3 is 9.64 Å². The molecule has 0 saturated carbocycles. The Morgan fingerprint density at radius 3 is 2.74 bits per heavy atom. The van der Waals surface area contributed by atoms with E-state index < -0.39 is 0 Å². The second-order valence-corrected chi connectivity index (χ2v) is 8.65. The summed E-state index contributed by atoms with van der Waals surface area (Å²) in [6, 6.07) is 8.79. The van der Waals surface area contributed by atoms with Crippen LogP contribution in [0.25, 0.3) is 11.3 Å². The number of hydrogen-bond acceptors (Lipinski definition) is 6. The van der Waals surface area contributed by atoms with Gasteiger partial charge in [0.25, 0.3) is 0 Å². The fourth-order valence-corrected chi connectivity index (χ4v) is 4.61. The zero-order chi connectivity index (χ0) is 18.9. The molecule has 0 radical (unpaired) electrons. The second kappa shape index (κ2) is 7.66. The van der Waals surface area contributed by atoms with Gasteiger partial charge in [-0.2, -0.15) is 0 Å². The van der Waals surface area contributed by atoms with Gasteiger partial charge in [0, 0.05) is 55.0 Å². The molecular weight excluding hydrogens is 360 g/mol. The van der Waals surface area contributed by atoms with Gasteiger partial charge in [0.2, 0.25) is 5.91 Å². The van der Waals surface area contributed by atoms with Crippen LogP contribution in [0.3, 0.4) is 0 Å². The van der Waals surface area contributed by atoms with E-state index in [1.54, 1.807) is 0 Å². The van der Waals surface area contributed by atoms with Crippen molar-refractivity contribution in [3.05, 3.63) is 35.2 Å². The Kier molecular flexibility index (Phi) is 5.25. The molecule has 1 atom stereocenters. The topological polar surface area (TPSA) is 58.6 Å². The number of likely N-dealkylation sites (tertiary alicyclic amines) is 1. The number of hydrogen-bond donors (Lipinski definition) is 0. The zero-order valence-corrected chi connectivity index (χ0v) is 16.7. The maximum Gasteiger partial charge on any atom is 0.223 e. The van der Waals surface area contributed by atoms with E-state index in [0.29, 0.717) is 13.0 Å². The van der Waals surface area contributed by atoms with Crippen LogP contribution >= 0.6 is 11.5 Å². The van der Waals surface area contributed by atoms with Crippen molar-refractivity contribution in [2.45, 2.75) is 32.9 Å².